The number of nitrogens with zero attached hydrogens (tertiary/aromatic N) is 1. The summed E-state index contributed by atoms with van der Waals surface area (Å²) in [5.74, 6) is -0.0874. The summed E-state index contributed by atoms with van der Waals surface area (Å²) in [6.07, 6.45) is 5.06. The van der Waals surface area contributed by atoms with Crippen molar-refractivity contribution in [1.29, 1.82) is 0 Å². The molecular formula is C13H14N2O2. The van der Waals surface area contributed by atoms with E-state index in [1.165, 1.54) is 0 Å². The highest BCUT2D eigenvalue weighted by atomic mass is 16.3. The maximum atomic E-state index is 10.0. The Morgan fingerprint density at radius 3 is 2.88 bits per heavy atom. The molecule has 0 aliphatic heterocycles. The van der Waals surface area contributed by atoms with Crippen molar-refractivity contribution in [2.24, 2.45) is 0 Å². The first-order chi connectivity index (χ1) is 8.27. The summed E-state index contributed by atoms with van der Waals surface area (Å²) >= 11 is 0. The van der Waals surface area contributed by atoms with Gasteiger partial charge >= 0.3 is 0 Å². The molecule has 3 N–H and O–H groups in total. The molecule has 1 atom stereocenters. The highest BCUT2D eigenvalue weighted by Crippen LogP contribution is 2.33. The number of aromatic amines is 1. The van der Waals surface area contributed by atoms with Crippen LogP contribution in [0.1, 0.15) is 22.7 Å². The first kappa shape index (κ1) is 11.4. The smallest absolute Gasteiger partial charge is 0.125 e. The Hall–Kier alpha value is -2.07. The van der Waals surface area contributed by atoms with Crippen LogP contribution in [0.15, 0.2) is 43.4 Å². The number of aliphatic hydroxyl groups is 1. The third-order valence-electron chi connectivity index (χ3n) is 2.73. The van der Waals surface area contributed by atoms with Crippen LogP contribution in [0.4, 0.5) is 0 Å². The predicted molar refractivity (Wildman–Crippen MR) is 64.7 cm³/mol. The summed E-state index contributed by atoms with van der Waals surface area (Å²) in [4.78, 5) is 7.03. The van der Waals surface area contributed by atoms with E-state index in [4.69, 9.17) is 5.11 Å². The lowest BCUT2D eigenvalue weighted by molar-refractivity contribution is 0.275. The van der Waals surface area contributed by atoms with E-state index in [9.17, 15) is 5.11 Å². The van der Waals surface area contributed by atoms with E-state index in [1.807, 2.05) is 0 Å². The number of aromatic nitrogens is 2. The van der Waals surface area contributed by atoms with Gasteiger partial charge in [-0.1, -0.05) is 24.3 Å². The van der Waals surface area contributed by atoms with Crippen molar-refractivity contribution in [2.45, 2.75) is 12.5 Å². The standard InChI is InChI=1S/C13H14N2O2/c1-2-10(12-6-14-8-15-12)11-5-3-4-9(7-16)13(11)17/h2-6,8,10,16-17H,1,7H2,(H,14,15). The quantitative estimate of drug-likeness (QED) is 0.703. The maximum Gasteiger partial charge on any atom is 0.125 e. The zero-order chi connectivity index (χ0) is 12.3. The Labute approximate surface area is 99.3 Å². The largest absolute Gasteiger partial charge is 0.507 e. The van der Waals surface area contributed by atoms with Gasteiger partial charge in [-0.3, -0.25) is 0 Å². The predicted octanol–water partition coefficient (Wildman–Crippen LogP) is 1.93. The molecule has 2 aromatic rings. The maximum absolute atomic E-state index is 10.0. The van der Waals surface area contributed by atoms with Crippen molar-refractivity contribution in [3.63, 3.8) is 0 Å². The summed E-state index contributed by atoms with van der Waals surface area (Å²) in [5, 5.41) is 19.2. The molecular weight excluding hydrogens is 216 g/mol. The number of imidazole rings is 1. The fraction of sp³-hybridized carbons (Fsp3) is 0.154. The molecule has 17 heavy (non-hydrogen) atoms. The van der Waals surface area contributed by atoms with Crippen LogP contribution in [-0.2, 0) is 6.61 Å². The minimum atomic E-state index is -0.190. The Morgan fingerprint density at radius 1 is 1.47 bits per heavy atom. The molecule has 0 fully saturated rings. The van der Waals surface area contributed by atoms with Crippen molar-refractivity contribution in [1.82, 2.24) is 9.97 Å². The molecule has 0 amide bonds. The van der Waals surface area contributed by atoms with Crippen LogP contribution in [0.3, 0.4) is 0 Å². The van der Waals surface area contributed by atoms with Gasteiger partial charge in [0, 0.05) is 23.2 Å². The van der Waals surface area contributed by atoms with Gasteiger partial charge in [0.1, 0.15) is 5.75 Å². The fourth-order valence-corrected chi connectivity index (χ4v) is 1.84. The summed E-state index contributed by atoms with van der Waals surface area (Å²) in [6, 6.07) is 5.28. The second-order valence-corrected chi connectivity index (χ2v) is 3.72. The van der Waals surface area contributed by atoms with Gasteiger partial charge in [0.05, 0.1) is 18.6 Å². The number of nitrogens with one attached hydrogen (secondary N) is 1. The minimum Gasteiger partial charge on any atom is -0.507 e. The highest BCUT2D eigenvalue weighted by molar-refractivity contribution is 5.46. The molecule has 88 valence electrons. The summed E-state index contributed by atoms with van der Waals surface area (Å²) in [6.45, 7) is 3.57. The number of benzene rings is 1. The van der Waals surface area contributed by atoms with Gasteiger partial charge in [-0.2, -0.15) is 0 Å². The van der Waals surface area contributed by atoms with Gasteiger partial charge in [0.2, 0.25) is 0 Å². The summed E-state index contributed by atoms with van der Waals surface area (Å²) < 4.78 is 0. The number of rotatable bonds is 4. The van der Waals surface area contributed by atoms with Crippen molar-refractivity contribution in [3.05, 3.63) is 60.2 Å². The fourth-order valence-electron chi connectivity index (χ4n) is 1.84. The lowest BCUT2D eigenvalue weighted by atomic mass is 9.93. The molecule has 1 aromatic heterocycles. The monoisotopic (exact) mass is 230 g/mol. The number of para-hydroxylation sites is 1. The van der Waals surface area contributed by atoms with E-state index in [0.717, 1.165) is 5.69 Å². The van der Waals surface area contributed by atoms with Crippen molar-refractivity contribution in [2.75, 3.05) is 0 Å². The third-order valence-corrected chi connectivity index (χ3v) is 2.73. The van der Waals surface area contributed by atoms with Crippen molar-refractivity contribution < 1.29 is 10.2 Å². The Bertz CT molecular complexity index is 506. The van der Waals surface area contributed by atoms with E-state index < -0.39 is 0 Å². The van der Waals surface area contributed by atoms with E-state index in [2.05, 4.69) is 16.5 Å². The van der Waals surface area contributed by atoms with Gasteiger partial charge in [-0.15, -0.1) is 6.58 Å². The molecule has 0 spiro atoms. The van der Waals surface area contributed by atoms with Crippen molar-refractivity contribution in [3.8, 4) is 5.75 Å². The van der Waals surface area contributed by atoms with E-state index in [-0.39, 0.29) is 18.3 Å². The molecule has 0 radical (unpaired) electrons. The van der Waals surface area contributed by atoms with Gasteiger partial charge in [0.25, 0.3) is 0 Å². The molecule has 0 saturated carbocycles. The number of hydrogen-bond acceptors (Lipinski definition) is 3. The molecule has 0 bridgehead atoms. The number of aliphatic hydroxyl groups excluding tert-OH is 1. The average Bonchev–Trinajstić information content (AvgIpc) is 2.86. The Morgan fingerprint density at radius 2 is 2.29 bits per heavy atom. The molecule has 4 nitrogen and oxygen atoms in total. The second kappa shape index (κ2) is 4.84. The third kappa shape index (κ3) is 2.07. The van der Waals surface area contributed by atoms with E-state index in [1.54, 1.807) is 36.8 Å². The SMILES string of the molecule is C=CC(c1c[nH]cn1)c1cccc(CO)c1O. The van der Waals surface area contributed by atoms with Gasteiger partial charge in [-0.05, 0) is 0 Å². The molecule has 1 heterocycles. The number of aromatic hydroxyl groups is 1. The van der Waals surface area contributed by atoms with E-state index in [0.29, 0.717) is 11.1 Å². The van der Waals surface area contributed by atoms with Gasteiger partial charge in [-0.25, -0.2) is 4.98 Å². The molecule has 0 aliphatic carbocycles. The number of phenols is 1. The van der Waals surface area contributed by atoms with Crippen LogP contribution in [0.25, 0.3) is 0 Å². The molecule has 2 rings (SSSR count). The van der Waals surface area contributed by atoms with Crippen LogP contribution in [-0.4, -0.2) is 20.2 Å². The summed E-state index contributed by atoms with van der Waals surface area (Å²) in [7, 11) is 0. The molecule has 4 heteroatoms. The van der Waals surface area contributed by atoms with Gasteiger partial charge in [0.15, 0.2) is 0 Å². The molecule has 0 saturated heterocycles. The topological polar surface area (TPSA) is 69.1 Å². The number of allylic oxidation sites excluding steroid dienone is 1. The zero-order valence-electron chi connectivity index (χ0n) is 9.30. The molecule has 0 aliphatic rings. The second-order valence-electron chi connectivity index (χ2n) is 3.72. The van der Waals surface area contributed by atoms with Crippen LogP contribution in [0.2, 0.25) is 0 Å². The first-order valence-electron chi connectivity index (χ1n) is 5.30. The zero-order valence-corrected chi connectivity index (χ0v) is 9.30. The van der Waals surface area contributed by atoms with E-state index >= 15 is 0 Å². The normalized spacial score (nSPS) is 12.3. The van der Waals surface area contributed by atoms with Crippen LogP contribution in [0.5, 0.6) is 5.75 Å². The Kier molecular flexibility index (Phi) is 3.25. The van der Waals surface area contributed by atoms with Gasteiger partial charge < -0.3 is 15.2 Å². The number of H-pyrrole nitrogens is 1. The van der Waals surface area contributed by atoms with Crippen LogP contribution < -0.4 is 0 Å². The Balaban J connectivity index is 2.48. The minimum absolute atomic E-state index is 0.0999. The molecule has 1 aromatic carbocycles. The average molecular weight is 230 g/mol. The first-order valence-corrected chi connectivity index (χ1v) is 5.30. The van der Waals surface area contributed by atoms with Crippen LogP contribution in [0, 0.1) is 0 Å². The van der Waals surface area contributed by atoms with Crippen LogP contribution >= 0.6 is 0 Å². The lowest BCUT2D eigenvalue weighted by Gasteiger charge is -2.14. The number of hydrogen-bond donors (Lipinski definition) is 3. The lowest BCUT2D eigenvalue weighted by Crippen LogP contribution is -2.00. The van der Waals surface area contributed by atoms with Crippen molar-refractivity contribution >= 4 is 0 Å². The summed E-state index contributed by atoms with van der Waals surface area (Å²) in [5.41, 5.74) is 1.98. The highest BCUT2D eigenvalue weighted by Gasteiger charge is 2.17. The molecule has 1 unspecified atom stereocenters.